The summed E-state index contributed by atoms with van der Waals surface area (Å²) in [4.78, 5) is 23.6. The molecule has 0 unspecified atom stereocenters. The first kappa shape index (κ1) is 7.81. The molecule has 0 atom stereocenters. The van der Waals surface area contributed by atoms with Crippen LogP contribution in [0, 0.1) is 0 Å². The van der Waals surface area contributed by atoms with Gasteiger partial charge < -0.3 is 5.11 Å². The molecule has 1 N–H and O–H groups in total. The van der Waals surface area contributed by atoms with E-state index in [0.717, 1.165) is 6.92 Å². The van der Waals surface area contributed by atoms with Crippen molar-refractivity contribution in [1.82, 2.24) is 0 Å². The van der Waals surface area contributed by atoms with Crippen LogP contribution in [-0.2, 0) is 9.59 Å². The lowest BCUT2D eigenvalue weighted by atomic mass is 10.3. The lowest BCUT2D eigenvalue weighted by molar-refractivity contribution is -0.130. The second-order valence-electron chi connectivity index (χ2n) is 1.43. The number of ketones is 1. The monoisotopic (exact) mass is 129 g/mol. The number of carboxylic acids is 1. The second kappa shape index (κ2) is 2.96. The van der Waals surface area contributed by atoms with E-state index in [1.54, 1.807) is 0 Å². The van der Waals surface area contributed by atoms with Crippen molar-refractivity contribution in [2.75, 3.05) is 7.05 Å². The van der Waals surface area contributed by atoms with E-state index >= 15 is 0 Å². The predicted octanol–water partition coefficient (Wildman–Crippen LogP) is -0.269. The van der Waals surface area contributed by atoms with Crippen LogP contribution in [0.2, 0.25) is 0 Å². The van der Waals surface area contributed by atoms with Crippen LogP contribution in [0.5, 0.6) is 0 Å². The van der Waals surface area contributed by atoms with Gasteiger partial charge in [-0.1, -0.05) is 0 Å². The number of aliphatic imine (C=N–C) groups is 1. The summed E-state index contributed by atoms with van der Waals surface area (Å²) in [5.74, 6) is -1.80. The van der Waals surface area contributed by atoms with E-state index in [9.17, 15) is 9.59 Å². The molecule has 0 aromatic carbocycles. The molecule has 0 radical (unpaired) electrons. The van der Waals surface area contributed by atoms with Gasteiger partial charge in [0, 0.05) is 14.0 Å². The largest absolute Gasteiger partial charge is 0.476 e. The van der Waals surface area contributed by atoms with E-state index < -0.39 is 17.5 Å². The van der Waals surface area contributed by atoms with Crippen LogP contribution in [-0.4, -0.2) is 29.6 Å². The third-order valence-corrected chi connectivity index (χ3v) is 0.760. The first-order valence-corrected chi connectivity index (χ1v) is 2.30. The van der Waals surface area contributed by atoms with Gasteiger partial charge in [0.2, 0.25) is 0 Å². The fourth-order valence-corrected chi connectivity index (χ4v) is 0.404. The van der Waals surface area contributed by atoms with Crippen molar-refractivity contribution >= 4 is 17.5 Å². The van der Waals surface area contributed by atoms with Crippen molar-refractivity contribution in [3.63, 3.8) is 0 Å². The van der Waals surface area contributed by atoms with Crippen molar-refractivity contribution in [3.8, 4) is 0 Å². The summed E-state index contributed by atoms with van der Waals surface area (Å²) in [5, 5.41) is 8.19. The smallest absolute Gasteiger partial charge is 0.357 e. The Morgan fingerprint density at radius 3 is 1.89 bits per heavy atom. The molecule has 0 spiro atoms. The molecule has 0 rings (SSSR count). The number of carbonyl (C=O) groups excluding carboxylic acids is 1. The molecule has 9 heavy (non-hydrogen) atoms. The van der Waals surface area contributed by atoms with Gasteiger partial charge in [-0.2, -0.15) is 0 Å². The Balaban J connectivity index is 4.38. The zero-order valence-corrected chi connectivity index (χ0v) is 5.21. The maximum Gasteiger partial charge on any atom is 0.357 e. The molecular weight excluding hydrogens is 122 g/mol. The normalized spacial score (nSPS) is 11.1. The van der Waals surface area contributed by atoms with Crippen LogP contribution in [0.4, 0.5) is 0 Å². The average Bonchev–Trinajstić information content (AvgIpc) is 1.64. The fourth-order valence-electron chi connectivity index (χ4n) is 0.404. The molecule has 0 aromatic rings. The van der Waals surface area contributed by atoms with Gasteiger partial charge in [0.15, 0.2) is 11.5 Å². The Morgan fingerprint density at radius 1 is 1.44 bits per heavy atom. The lowest BCUT2D eigenvalue weighted by Crippen LogP contribution is -2.20. The summed E-state index contributed by atoms with van der Waals surface area (Å²) in [6, 6.07) is 0. The van der Waals surface area contributed by atoms with Crippen LogP contribution in [0.25, 0.3) is 0 Å². The Labute approximate surface area is 52.2 Å². The molecule has 0 aromatic heterocycles. The van der Waals surface area contributed by atoms with Crippen molar-refractivity contribution < 1.29 is 14.7 Å². The number of hydrogen-bond donors (Lipinski definition) is 1. The highest BCUT2D eigenvalue weighted by molar-refractivity contribution is 6.63. The number of aliphatic carboxylic acids is 1. The van der Waals surface area contributed by atoms with Gasteiger partial charge in [-0.15, -0.1) is 0 Å². The first-order chi connectivity index (χ1) is 4.09. The first-order valence-electron chi connectivity index (χ1n) is 2.30. The van der Waals surface area contributed by atoms with Crippen molar-refractivity contribution in [1.29, 1.82) is 0 Å². The van der Waals surface area contributed by atoms with E-state index in [-0.39, 0.29) is 0 Å². The third kappa shape index (κ3) is 2.03. The van der Waals surface area contributed by atoms with Gasteiger partial charge in [-0.05, 0) is 0 Å². The van der Waals surface area contributed by atoms with Crippen molar-refractivity contribution in [2.45, 2.75) is 6.92 Å². The fraction of sp³-hybridized carbons (Fsp3) is 0.400. The van der Waals surface area contributed by atoms with E-state index in [0.29, 0.717) is 0 Å². The molecule has 0 saturated carbocycles. The number of carboxylic acid groups (broad SMARTS) is 1. The van der Waals surface area contributed by atoms with Gasteiger partial charge in [0.25, 0.3) is 0 Å². The molecule has 50 valence electrons. The molecule has 4 heteroatoms. The number of Topliss-reactive ketones (excluding diaryl/α,β-unsaturated/α-hetero) is 1. The number of nitrogens with zero attached hydrogens (tertiary/aromatic N) is 1. The second-order valence-corrected chi connectivity index (χ2v) is 1.43. The standard InChI is InChI=1S/C5H7NO3/c1-3(7)4(6-2)5(8)9/h1-2H3,(H,8,9)/b6-4-. The molecule has 0 aliphatic carbocycles. The summed E-state index contributed by atoms with van der Waals surface area (Å²) in [6.45, 7) is 1.16. The molecular formula is C5H7NO3. The van der Waals surface area contributed by atoms with E-state index in [1.807, 2.05) is 0 Å². The molecule has 0 bridgehead atoms. The summed E-state index contributed by atoms with van der Waals surface area (Å²) in [6.07, 6.45) is 0. The molecule has 0 fully saturated rings. The minimum atomic E-state index is -1.27. The number of hydrogen-bond acceptors (Lipinski definition) is 3. The highest BCUT2D eigenvalue weighted by Gasteiger charge is 2.12. The molecule has 0 amide bonds. The van der Waals surface area contributed by atoms with Crippen molar-refractivity contribution in [2.24, 2.45) is 4.99 Å². The Kier molecular flexibility index (Phi) is 2.57. The van der Waals surface area contributed by atoms with Crippen LogP contribution in [0.3, 0.4) is 0 Å². The Morgan fingerprint density at radius 2 is 1.89 bits per heavy atom. The van der Waals surface area contributed by atoms with Gasteiger partial charge in [0.1, 0.15) is 0 Å². The number of rotatable bonds is 2. The predicted molar refractivity (Wildman–Crippen MR) is 31.7 cm³/mol. The number of carbonyl (C=O) groups is 2. The zero-order valence-electron chi connectivity index (χ0n) is 5.21. The Bertz CT molecular complexity index is 155. The van der Waals surface area contributed by atoms with E-state index in [4.69, 9.17) is 5.11 Å². The lowest BCUT2D eigenvalue weighted by Gasteiger charge is -1.89. The van der Waals surface area contributed by atoms with Crippen LogP contribution >= 0.6 is 0 Å². The summed E-state index contributed by atoms with van der Waals surface area (Å²) < 4.78 is 0. The van der Waals surface area contributed by atoms with Gasteiger partial charge >= 0.3 is 5.97 Å². The maximum atomic E-state index is 10.3. The van der Waals surface area contributed by atoms with Crippen molar-refractivity contribution in [3.05, 3.63) is 0 Å². The highest BCUT2D eigenvalue weighted by Crippen LogP contribution is 1.78. The maximum absolute atomic E-state index is 10.3. The van der Waals surface area contributed by atoms with Gasteiger partial charge in [-0.25, -0.2) is 4.79 Å². The van der Waals surface area contributed by atoms with Crippen LogP contribution in [0.1, 0.15) is 6.92 Å². The van der Waals surface area contributed by atoms with Crippen LogP contribution < -0.4 is 0 Å². The summed E-state index contributed by atoms with van der Waals surface area (Å²) >= 11 is 0. The van der Waals surface area contributed by atoms with Gasteiger partial charge in [-0.3, -0.25) is 9.79 Å². The van der Waals surface area contributed by atoms with E-state index in [2.05, 4.69) is 4.99 Å². The SMILES string of the molecule is C/N=C(/C(C)=O)C(=O)O. The minimum absolute atomic E-state index is 0.407. The average molecular weight is 129 g/mol. The van der Waals surface area contributed by atoms with Gasteiger partial charge in [0.05, 0.1) is 0 Å². The Hall–Kier alpha value is -1.19. The summed E-state index contributed by atoms with van der Waals surface area (Å²) in [7, 11) is 1.27. The molecule has 0 heterocycles. The third-order valence-electron chi connectivity index (χ3n) is 0.760. The molecule has 0 aliphatic rings. The minimum Gasteiger partial charge on any atom is -0.476 e. The molecule has 0 saturated heterocycles. The summed E-state index contributed by atoms with van der Waals surface area (Å²) in [5.41, 5.74) is -0.407. The van der Waals surface area contributed by atoms with E-state index in [1.165, 1.54) is 7.05 Å². The highest BCUT2D eigenvalue weighted by atomic mass is 16.4. The van der Waals surface area contributed by atoms with Crippen LogP contribution in [0.15, 0.2) is 4.99 Å². The zero-order chi connectivity index (χ0) is 7.44. The topological polar surface area (TPSA) is 66.7 Å². The quantitative estimate of drug-likeness (QED) is 0.412. The molecule has 4 nitrogen and oxygen atoms in total. The molecule has 0 aliphatic heterocycles.